The smallest absolute Gasteiger partial charge is 0.305 e. The molecule has 9 heteroatoms. The summed E-state index contributed by atoms with van der Waals surface area (Å²) in [6, 6.07) is 5.45. The van der Waals surface area contributed by atoms with Gasteiger partial charge in [0, 0.05) is 19.2 Å². The quantitative estimate of drug-likeness (QED) is 0.523. The Morgan fingerprint density at radius 3 is 2.64 bits per heavy atom. The fourth-order valence-corrected chi connectivity index (χ4v) is 3.23. The molecule has 0 radical (unpaired) electrons. The molecular weight excluding hydrogens is 348 g/mol. The van der Waals surface area contributed by atoms with Gasteiger partial charge in [-0.1, -0.05) is 12.1 Å². The highest BCUT2D eigenvalue weighted by molar-refractivity contribution is 7.89. The maximum Gasteiger partial charge on any atom is 0.305 e. The predicted octanol–water partition coefficient (Wildman–Crippen LogP) is 0.761. The number of carbonyl (C=O) groups is 2. The highest BCUT2D eigenvalue weighted by Crippen LogP contribution is 2.15. The fraction of sp³-hybridized carbons (Fsp3) is 0.375. The van der Waals surface area contributed by atoms with Crippen molar-refractivity contribution in [3.05, 3.63) is 42.5 Å². The number of ether oxygens (including phenoxy) is 1. The SMILES string of the molecule is C=CCNS(=O)(=O)c1cccc(C(=O)NC(C)(COC)CC(=O)O)c1. The van der Waals surface area contributed by atoms with E-state index in [1.54, 1.807) is 0 Å². The second-order valence-electron chi connectivity index (χ2n) is 5.69. The van der Waals surface area contributed by atoms with Crippen LogP contribution in [0.25, 0.3) is 0 Å². The van der Waals surface area contributed by atoms with Gasteiger partial charge in [-0.05, 0) is 25.1 Å². The topological polar surface area (TPSA) is 122 Å². The van der Waals surface area contributed by atoms with Crippen LogP contribution in [-0.4, -0.2) is 51.2 Å². The number of sulfonamides is 1. The highest BCUT2D eigenvalue weighted by Gasteiger charge is 2.30. The minimum Gasteiger partial charge on any atom is -0.481 e. The first kappa shape index (κ1) is 20.8. The van der Waals surface area contributed by atoms with Gasteiger partial charge in [-0.2, -0.15) is 0 Å². The molecule has 0 aliphatic carbocycles. The average Bonchev–Trinajstić information content (AvgIpc) is 2.52. The fourth-order valence-electron chi connectivity index (χ4n) is 2.19. The minimum atomic E-state index is -3.77. The van der Waals surface area contributed by atoms with Crippen molar-refractivity contribution in [2.45, 2.75) is 23.8 Å². The third-order valence-corrected chi connectivity index (χ3v) is 4.67. The lowest BCUT2D eigenvalue weighted by Gasteiger charge is -2.28. The molecule has 138 valence electrons. The van der Waals surface area contributed by atoms with Gasteiger partial charge in [0.25, 0.3) is 5.91 Å². The summed E-state index contributed by atoms with van der Waals surface area (Å²) in [6.07, 6.45) is 1.06. The van der Waals surface area contributed by atoms with Crippen LogP contribution in [-0.2, 0) is 19.6 Å². The maximum atomic E-state index is 12.4. The molecule has 8 nitrogen and oxygen atoms in total. The van der Waals surface area contributed by atoms with Crippen LogP contribution in [0.3, 0.4) is 0 Å². The summed E-state index contributed by atoms with van der Waals surface area (Å²) in [5, 5.41) is 11.6. The average molecular weight is 370 g/mol. The minimum absolute atomic E-state index is 0.0100. The molecule has 0 aromatic heterocycles. The van der Waals surface area contributed by atoms with E-state index in [-0.39, 0.29) is 30.0 Å². The lowest BCUT2D eigenvalue weighted by Crippen LogP contribution is -2.50. The molecule has 1 aromatic carbocycles. The van der Waals surface area contributed by atoms with Crippen molar-refractivity contribution in [1.29, 1.82) is 0 Å². The van der Waals surface area contributed by atoms with Gasteiger partial charge < -0.3 is 15.2 Å². The van der Waals surface area contributed by atoms with Gasteiger partial charge in [0.15, 0.2) is 0 Å². The van der Waals surface area contributed by atoms with E-state index in [0.717, 1.165) is 0 Å². The lowest BCUT2D eigenvalue weighted by atomic mass is 9.98. The third kappa shape index (κ3) is 6.29. The Bertz CT molecular complexity index is 747. The number of hydrogen-bond acceptors (Lipinski definition) is 5. The number of amides is 1. The second kappa shape index (κ2) is 8.75. The van der Waals surface area contributed by atoms with E-state index < -0.39 is 27.4 Å². The van der Waals surface area contributed by atoms with E-state index in [9.17, 15) is 18.0 Å². The van der Waals surface area contributed by atoms with Crippen molar-refractivity contribution in [2.75, 3.05) is 20.3 Å². The Kier molecular flexibility index (Phi) is 7.28. The van der Waals surface area contributed by atoms with Crippen molar-refractivity contribution >= 4 is 21.9 Å². The van der Waals surface area contributed by atoms with E-state index in [2.05, 4.69) is 16.6 Å². The van der Waals surface area contributed by atoms with Crippen molar-refractivity contribution < 1.29 is 27.9 Å². The summed E-state index contributed by atoms with van der Waals surface area (Å²) >= 11 is 0. The molecule has 0 spiro atoms. The van der Waals surface area contributed by atoms with Crippen molar-refractivity contribution in [2.24, 2.45) is 0 Å². The van der Waals surface area contributed by atoms with Gasteiger partial charge in [-0.3, -0.25) is 9.59 Å². The molecule has 0 saturated carbocycles. The van der Waals surface area contributed by atoms with E-state index in [1.165, 1.54) is 44.4 Å². The Morgan fingerprint density at radius 2 is 2.08 bits per heavy atom. The first-order valence-corrected chi connectivity index (χ1v) is 8.86. The van der Waals surface area contributed by atoms with Gasteiger partial charge in [-0.15, -0.1) is 6.58 Å². The van der Waals surface area contributed by atoms with Gasteiger partial charge in [-0.25, -0.2) is 13.1 Å². The molecule has 3 N–H and O–H groups in total. The Balaban J connectivity index is 3.04. The van der Waals surface area contributed by atoms with Crippen LogP contribution in [0.5, 0.6) is 0 Å². The zero-order chi connectivity index (χ0) is 19.1. The number of benzene rings is 1. The molecule has 0 saturated heterocycles. The lowest BCUT2D eigenvalue weighted by molar-refractivity contribution is -0.139. The molecule has 1 atom stereocenters. The molecule has 1 amide bonds. The van der Waals surface area contributed by atoms with E-state index in [0.29, 0.717) is 0 Å². The summed E-state index contributed by atoms with van der Waals surface area (Å²) in [7, 11) is -2.38. The molecule has 0 bridgehead atoms. The normalized spacial score (nSPS) is 13.7. The maximum absolute atomic E-state index is 12.4. The number of aliphatic carboxylic acids is 1. The van der Waals surface area contributed by atoms with E-state index in [1.807, 2.05) is 0 Å². The van der Waals surface area contributed by atoms with Gasteiger partial charge >= 0.3 is 5.97 Å². The van der Waals surface area contributed by atoms with E-state index in [4.69, 9.17) is 9.84 Å². The summed E-state index contributed by atoms with van der Waals surface area (Å²) in [4.78, 5) is 23.3. The first-order valence-electron chi connectivity index (χ1n) is 7.37. The number of carboxylic acids is 1. The van der Waals surface area contributed by atoms with Crippen LogP contribution in [0.15, 0.2) is 41.8 Å². The number of rotatable bonds is 10. The van der Waals surface area contributed by atoms with Crippen molar-refractivity contribution in [3.63, 3.8) is 0 Å². The monoisotopic (exact) mass is 370 g/mol. The Hall–Kier alpha value is -2.23. The zero-order valence-corrected chi connectivity index (χ0v) is 14.9. The van der Waals surface area contributed by atoms with Gasteiger partial charge in [0.2, 0.25) is 10.0 Å². The molecular formula is C16H22N2O6S. The molecule has 1 unspecified atom stereocenters. The standard InChI is InChI=1S/C16H22N2O6S/c1-4-8-17-25(22,23)13-7-5-6-12(9-13)15(21)18-16(2,11-24-3)10-14(19)20/h4-7,9,17H,1,8,10-11H2,2-3H3,(H,18,21)(H,19,20). The number of nitrogens with one attached hydrogen (secondary N) is 2. The molecule has 25 heavy (non-hydrogen) atoms. The molecule has 0 aliphatic heterocycles. The van der Waals surface area contributed by atoms with Crippen LogP contribution in [0, 0.1) is 0 Å². The number of carboxylic acid groups (broad SMARTS) is 1. The second-order valence-corrected chi connectivity index (χ2v) is 7.45. The van der Waals surface area contributed by atoms with Gasteiger partial charge in [0.1, 0.15) is 0 Å². The summed E-state index contributed by atoms with van der Waals surface area (Å²) < 4.78 is 31.5. The molecule has 0 heterocycles. The molecule has 1 rings (SSSR count). The molecule has 1 aromatic rings. The zero-order valence-electron chi connectivity index (χ0n) is 14.1. The summed E-state index contributed by atoms with van der Waals surface area (Å²) in [6.45, 7) is 5.02. The van der Waals surface area contributed by atoms with Crippen LogP contribution in [0.4, 0.5) is 0 Å². The summed E-state index contributed by atoms with van der Waals surface area (Å²) in [5.74, 6) is -1.69. The predicted molar refractivity (Wildman–Crippen MR) is 91.8 cm³/mol. The highest BCUT2D eigenvalue weighted by atomic mass is 32.2. The van der Waals surface area contributed by atoms with Crippen molar-refractivity contribution in [1.82, 2.24) is 10.0 Å². The number of methoxy groups -OCH3 is 1. The van der Waals surface area contributed by atoms with Crippen LogP contribution >= 0.6 is 0 Å². The van der Waals surface area contributed by atoms with Crippen LogP contribution < -0.4 is 10.0 Å². The molecule has 0 fully saturated rings. The van der Waals surface area contributed by atoms with E-state index >= 15 is 0 Å². The first-order chi connectivity index (χ1) is 11.6. The number of carbonyl (C=O) groups excluding carboxylic acids is 1. The summed E-state index contributed by atoms with van der Waals surface area (Å²) in [5.41, 5.74) is -1.04. The number of hydrogen-bond donors (Lipinski definition) is 3. The van der Waals surface area contributed by atoms with Crippen LogP contribution in [0.1, 0.15) is 23.7 Å². The third-order valence-electron chi connectivity index (χ3n) is 3.24. The molecule has 0 aliphatic rings. The van der Waals surface area contributed by atoms with Crippen molar-refractivity contribution in [3.8, 4) is 0 Å². The van der Waals surface area contributed by atoms with Gasteiger partial charge in [0.05, 0.1) is 23.5 Å². The largest absolute Gasteiger partial charge is 0.481 e. The van der Waals surface area contributed by atoms with Crippen LogP contribution in [0.2, 0.25) is 0 Å². The Morgan fingerprint density at radius 1 is 1.40 bits per heavy atom. The Labute approximate surface area is 146 Å².